The normalized spacial score (nSPS) is 19.7. The third-order valence-corrected chi connectivity index (χ3v) is 3.60. The topological polar surface area (TPSA) is 32.3 Å². The molecule has 0 spiro atoms. The van der Waals surface area contributed by atoms with Gasteiger partial charge in [0.05, 0.1) is 5.56 Å². The summed E-state index contributed by atoms with van der Waals surface area (Å²) in [4.78, 5) is 13.8. The Morgan fingerprint density at radius 2 is 1.95 bits per heavy atom. The van der Waals surface area contributed by atoms with Gasteiger partial charge in [-0.3, -0.25) is 4.79 Å². The van der Waals surface area contributed by atoms with Crippen LogP contribution in [0.5, 0.6) is 0 Å². The molecule has 6 heteroatoms. The number of amides is 1. The highest BCUT2D eigenvalue weighted by molar-refractivity contribution is 5.94. The van der Waals surface area contributed by atoms with Gasteiger partial charge in [0.1, 0.15) is 0 Å². The van der Waals surface area contributed by atoms with Crippen molar-refractivity contribution in [1.82, 2.24) is 10.2 Å². The lowest BCUT2D eigenvalue weighted by atomic mass is 10.0. The molecule has 0 radical (unpaired) electrons. The maximum atomic E-state index is 12.5. The first-order chi connectivity index (χ1) is 9.39. The van der Waals surface area contributed by atoms with Crippen LogP contribution in [0.1, 0.15) is 28.8 Å². The molecule has 0 unspecified atom stereocenters. The van der Waals surface area contributed by atoms with E-state index in [1.807, 2.05) is 0 Å². The number of benzene rings is 1. The van der Waals surface area contributed by atoms with Crippen molar-refractivity contribution >= 4 is 5.91 Å². The Morgan fingerprint density at radius 1 is 1.30 bits per heavy atom. The van der Waals surface area contributed by atoms with Crippen LogP contribution < -0.4 is 5.32 Å². The standard InChI is InChI=1S/C14H17F3N2O/c1-19(12-3-2-8-18-9-12)13(20)10-4-6-11(7-5-10)14(15,16)17/h4-7,12,18H,2-3,8-9H2,1H3/t12-/m1/s1. The van der Waals surface area contributed by atoms with E-state index in [2.05, 4.69) is 5.32 Å². The number of carbonyl (C=O) groups is 1. The molecule has 0 bridgehead atoms. The van der Waals surface area contributed by atoms with Crippen LogP contribution in [0.15, 0.2) is 24.3 Å². The van der Waals surface area contributed by atoms with Crippen molar-refractivity contribution in [2.75, 3.05) is 20.1 Å². The summed E-state index contributed by atoms with van der Waals surface area (Å²) >= 11 is 0. The molecule has 110 valence electrons. The maximum absolute atomic E-state index is 12.5. The molecule has 20 heavy (non-hydrogen) atoms. The first-order valence-electron chi connectivity index (χ1n) is 6.55. The molecular weight excluding hydrogens is 269 g/mol. The zero-order valence-electron chi connectivity index (χ0n) is 11.2. The number of alkyl halides is 3. The molecule has 1 heterocycles. The Balaban J connectivity index is 2.08. The van der Waals surface area contributed by atoms with Gasteiger partial charge in [-0.15, -0.1) is 0 Å². The molecule has 0 saturated carbocycles. The highest BCUT2D eigenvalue weighted by atomic mass is 19.4. The van der Waals surface area contributed by atoms with Crippen molar-refractivity contribution in [3.63, 3.8) is 0 Å². The Kier molecular flexibility index (Phi) is 4.32. The van der Waals surface area contributed by atoms with Crippen molar-refractivity contribution in [1.29, 1.82) is 0 Å². The van der Waals surface area contributed by atoms with Gasteiger partial charge in [-0.2, -0.15) is 13.2 Å². The fraction of sp³-hybridized carbons (Fsp3) is 0.500. The fourth-order valence-electron chi connectivity index (χ4n) is 2.34. The number of carbonyl (C=O) groups excluding carboxylic acids is 1. The summed E-state index contributed by atoms with van der Waals surface area (Å²) < 4.78 is 37.4. The summed E-state index contributed by atoms with van der Waals surface area (Å²) in [5.74, 6) is -0.243. The lowest BCUT2D eigenvalue weighted by molar-refractivity contribution is -0.137. The van der Waals surface area contributed by atoms with E-state index < -0.39 is 11.7 Å². The molecule has 1 amide bonds. The molecule has 2 rings (SSSR count). The zero-order chi connectivity index (χ0) is 14.8. The van der Waals surface area contributed by atoms with Crippen molar-refractivity contribution < 1.29 is 18.0 Å². The smallest absolute Gasteiger partial charge is 0.337 e. The third-order valence-electron chi connectivity index (χ3n) is 3.60. The monoisotopic (exact) mass is 286 g/mol. The van der Waals surface area contributed by atoms with Crippen molar-refractivity contribution in [3.05, 3.63) is 35.4 Å². The molecule has 1 N–H and O–H groups in total. The first kappa shape index (κ1) is 14.8. The van der Waals surface area contributed by atoms with Crippen LogP contribution in [-0.2, 0) is 6.18 Å². The quantitative estimate of drug-likeness (QED) is 0.906. The van der Waals surface area contributed by atoms with Crippen LogP contribution in [-0.4, -0.2) is 37.0 Å². The Morgan fingerprint density at radius 3 is 2.45 bits per heavy atom. The zero-order valence-corrected chi connectivity index (χ0v) is 11.2. The van der Waals surface area contributed by atoms with Gasteiger partial charge >= 0.3 is 6.18 Å². The van der Waals surface area contributed by atoms with E-state index in [0.717, 1.165) is 38.1 Å². The van der Waals surface area contributed by atoms with E-state index in [1.54, 1.807) is 11.9 Å². The summed E-state index contributed by atoms with van der Waals surface area (Å²) in [5.41, 5.74) is -0.456. The molecular formula is C14H17F3N2O. The largest absolute Gasteiger partial charge is 0.416 e. The molecule has 1 aromatic rings. The Bertz CT molecular complexity index is 464. The van der Waals surface area contributed by atoms with Gasteiger partial charge in [-0.05, 0) is 43.7 Å². The van der Waals surface area contributed by atoms with Crippen LogP contribution >= 0.6 is 0 Å². The lowest BCUT2D eigenvalue weighted by Gasteiger charge is -2.31. The molecule has 1 aromatic carbocycles. The molecule has 3 nitrogen and oxygen atoms in total. The lowest BCUT2D eigenvalue weighted by Crippen LogP contribution is -2.46. The molecule has 1 fully saturated rings. The minimum Gasteiger partial charge on any atom is -0.337 e. The van der Waals surface area contributed by atoms with Crippen LogP contribution in [0.4, 0.5) is 13.2 Å². The average molecular weight is 286 g/mol. The minimum atomic E-state index is -4.37. The number of halogens is 3. The second-order valence-corrected chi connectivity index (χ2v) is 4.99. The number of rotatable bonds is 2. The van der Waals surface area contributed by atoms with Crippen molar-refractivity contribution in [3.8, 4) is 0 Å². The first-order valence-corrected chi connectivity index (χ1v) is 6.55. The van der Waals surface area contributed by atoms with E-state index >= 15 is 0 Å². The van der Waals surface area contributed by atoms with E-state index in [-0.39, 0.29) is 17.5 Å². The molecule has 0 aliphatic carbocycles. The second kappa shape index (κ2) is 5.83. The van der Waals surface area contributed by atoms with Gasteiger partial charge in [-0.25, -0.2) is 0 Å². The van der Waals surface area contributed by atoms with Crippen molar-refractivity contribution in [2.24, 2.45) is 0 Å². The van der Waals surface area contributed by atoms with E-state index in [9.17, 15) is 18.0 Å². The summed E-state index contributed by atoms with van der Waals surface area (Å²) in [6.07, 6.45) is -2.47. The highest BCUT2D eigenvalue weighted by Gasteiger charge is 2.30. The van der Waals surface area contributed by atoms with Gasteiger partial charge in [0.25, 0.3) is 5.91 Å². The van der Waals surface area contributed by atoms with Crippen LogP contribution in [0.25, 0.3) is 0 Å². The van der Waals surface area contributed by atoms with E-state index in [4.69, 9.17) is 0 Å². The number of nitrogens with one attached hydrogen (secondary N) is 1. The predicted molar refractivity (Wildman–Crippen MR) is 69.4 cm³/mol. The summed E-state index contributed by atoms with van der Waals surface area (Å²) in [6, 6.07) is 4.45. The Labute approximate surface area is 115 Å². The van der Waals surface area contributed by atoms with Crippen LogP contribution in [0.2, 0.25) is 0 Å². The van der Waals surface area contributed by atoms with E-state index in [0.29, 0.717) is 0 Å². The van der Waals surface area contributed by atoms with Gasteiger partial charge in [-0.1, -0.05) is 0 Å². The number of likely N-dealkylation sites (N-methyl/N-ethyl adjacent to an activating group) is 1. The maximum Gasteiger partial charge on any atom is 0.416 e. The van der Waals surface area contributed by atoms with Crippen LogP contribution in [0.3, 0.4) is 0 Å². The van der Waals surface area contributed by atoms with Crippen LogP contribution in [0, 0.1) is 0 Å². The van der Waals surface area contributed by atoms with Crippen molar-refractivity contribution in [2.45, 2.75) is 25.1 Å². The fourth-order valence-corrected chi connectivity index (χ4v) is 2.34. The molecule has 1 saturated heterocycles. The summed E-state index contributed by atoms with van der Waals surface area (Å²) in [6.45, 7) is 1.67. The number of hydrogen-bond acceptors (Lipinski definition) is 2. The molecule has 1 atom stereocenters. The van der Waals surface area contributed by atoms with Gasteiger partial charge in [0.2, 0.25) is 0 Å². The number of piperidine rings is 1. The summed E-state index contributed by atoms with van der Waals surface area (Å²) in [7, 11) is 1.69. The predicted octanol–water partition coefficient (Wildman–Crippen LogP) is 2.53. The minimum absolute atomic E-state index is 0.0959. The Hall–Kier alpha value is -1.56. The summed E-state index contributed by atoms with van der Waals surface area (Å²) in [5, 5.41) is 3.21. The van der Waals surface area contributed by atoms with Gasteiger partial charge in [0, 0.05) is 25.2 Å². The number of hydrogen-bond donors (Lipinski definition) is 1. The second-order valence-electron chi connectivity index (χ2n) is 4.99. The molecule has 1 aliphatic heterocycles. The molecule has 1 aliphatic rings. The highest BCUT2D eigenvalue weighted by Crippen LogP contribution is 2.29. The van der Waals surface area contributed by atoms with Gasteiger partial charge in [0.15, 0.2) is 0 Å². The van der Waals surface area contributed by atoms with Gasteiger partial charge < -0.3 is 10.2 Å². The SMILES string of the molecule is CN(C(=O)c1ccc(C(F)(F)F)cc1)[C@@H]1CCCNC1. The number of nitrogens with zero attached hydrogens (tertiary/aromatic N) is 1. The average Bonchev–Trinajstić information content (AvgIpc) is 2.46. The molecule has 0 aromatic heterocycles. The van der Waals surface area contributed by atoms with E-state index in [1.165, 1.54) is 12.1 Å². The third kappa shape index (κ3) is 3.30.